The van der Waals surface area contributed by atoms with Crippen LogP contribution in [0.4, 0.5) is 4.79 Å². The van der Waals surface area contributed by atoms with E-state index in [2.05, 4.69) is 17.9 Å². The number of nitrogens with zero attached hydrogens (tertiary/aromatic N) is 1. The first-order valence-electron chi connectivity index (χ1n) is 15.5. The SMILES string of the molecule is CCCCC[C@@H](CC[C@@H]1[C@H]2Cc3cccc(OCC(=O)OC)c3C[C@H]2C[C@H]1O)OC(=O)O[C@@H]1CN2CCC1CC2. The number of methoxy groups -OCH3 is 1. The molecule has 0 aromatic heterocycles. The van der Waals surface area contributed by atoms with Crippen LogP contribution < -0.4 is 4.74 Å². The average molecular weight is 558 g/mol. The van der Waals surface area contributed by atoms with Gasteiger partial charge in [-0.05, 0) is 112 Å². The molecule has 1 aromatic rings. The van der Waals surface area contributed by atoms with E-state index in [4.69, 9.17) is 18.9 Å². The van der Waals surface area contributed by atoms with Crippen molar-refractivity contribution >= 4 is 12.1 Å². The Morgan fingerprint density at radius 1 is 1.10 bits per heavy atom. The number of aliphatic hydroxyl groups is 1. The summed E-state index contributed by atoms with van der Waals surface area (Å²) in [5, 5.41) is 11.1. The molecule has 6 atom stereocenters. The maximum Gasteiger partial charge on any atom is 0.508 e. The molecule has 1 N–H and O–H groups in total. The van der Waals surface area contributed by atoms with Crippen LogP contribution in [0.25, 0.3) is 0 Å². The molecule has 8 nitrogen and oxygen atoms in total. The van der Waals surface area contributed by atoms with E-state index in [1.165, 1.54) is 12.7 Å². The van der Waals surface area contributed by atoms with E-state index in [0.717, 1.165) is 102 Å². The normalized spacial score (nSPS) is 31.1. The standard InChI is InChI=1S/C32H47NO7/c1-3-4-5-8-24(39-32(36)40-30-19-33-14-12-21(30)13-15-33)10-11-25-26-16-22-7-6-9-29(38-20-31(35)37-2)27(22)17-23(26)18-28(25)34/h6-7,9,21,23-26,28,30,34H,3-5,8,10-20H2,1-2H3/t23-,24-,25+,26-,28+,30+/m0/s1. The first kappa shape index (κ1) is 29.2. The molecule has 0 unspecified atom stereocenters. The Bertz CT molecular complexity index is 1010. The van der Waals surface area contributed by atoms with Crippen LogP contribution in [0.15, 0.2) is 18.2 Å². The third kappa shape index (κ3) is 6.93. The predicted octanol–water partition coefficient (Wildman–Crippen LogP) is 4.93. The summed E-state index contributed by atoms with van der Waals surface area (Å²) in [6.07, 6.45) is 9.26. The smallest absolute Gasteiger partial charge is 0.482 e. The lowest BCUT2D eigenvalue weighted by atomic mass is 9.73. The minimum absolute atomic E-state index is 0.0486. The Hall–Kier alpha value is -2.32. The fourth-order valence-corrected chi connectivity index (χ4v) is 7.73. The topological polar surface area (TPSA) is 94.5 Å². The number of benzene rings is 1. The highest BCUT2D eigenvalue weighted by Gasteiger charge is 2.45. The van der Waals surface area contributed by atoms with E-state index in [1.54, 1.807) is 0 Å². The van der Waals surface area contributed by atoms with Crippen LogP contribution in [0.3, 0.4) is 0 Å². The summed E-state index contributed by atoms with van der Waals surface area (Å²) in [5.74, 6) is 1.73. The lowest BCUT2D eigenvalue weighted by molar-refractivity contribution is -0.142. The molecule has 2 aliphatic carbocycles. The predicted molar refractivity (Wildman–Crippen MR) is 150 cm³/mol. The quantitative estimate of drug-likeness (QED) is 0.286. The minimum Gasteiger partial charge on any atom is -0.482 e. The number of unbranched alkanes of at least 4 members (excludes halogenated alkanes) is 2. The number of hydrogen-bond donors (Lipinski definition) is 1. The number of hydrogen-bond acceptors (Lipinski definition) is 8. The number of piperidine rings is 3. The van der Waals surface area contributed by atoms with Gasteiger partial charge in [0.2, 0.25) is 0 Å². The molecule has 6 rings (SSSR count). The highest BCUT2D eigenvalue weighted by molar-refractivity contribution is 5.71. The monoisotopic (exact) mass is 557 g/mol. The van der Waals surface area contributed by atoms with Gasteiger partial charge in [-0.15, -0.1) is 0 Å². The van der Waals surface area contributed by atoms with Crippen molar-refractivity contribution in [3.05, 3.63) is 29.3 Å². The molecular formula is C32H47NO7. The fraction of sp³-hybridized carbons (Fsp3) is 0.750. The highest BCUT2D eigenvalue weighted by Crippen LogP contribution is 2.48. The van der Waals surface area contributed by atoms with Crippen molar-refractivity contribution in [2.75, 3.05) is 33.4 Å². The number of rotatable bonds is 12. The molecule has 3 saturated heterocycles. The molecule has 2 bridgehead atoms. The molecular weight excluding hydrogens is 510 g/mol. The number of ether oxygens (including phenoxy) is 4. The zero-order valence-electron chi connectivity index (χ0n) is 24.2. The van der Waals surface area contributed by atoms with Gasteiger partial charge >= 0.3 is 12.1 Å². The fourth-order valence-electron chi connectivity index (χ4n) is 7.73. The van der Waals surface area contributed by atoms with E-state index in [9.17, 15) is 14.7 Å². The van der Waals surface area contributed by atoms with E-state index < -0.39 is 12.1 Å². The first-order valence-corrected chi connectivity index (χ1v) is 15.5. The van der Waals surface area contributed by atoms with Crippen molar-refractivity contribution in [3.63, 3.8) is 0 Å². The molecule has 1 aromatic carbocycles. The number of esters is 1. The molecule has 3 aliphatic heterocycles. The van der Waals surface area contributed by atoms with Gasteiger partial charge in [-0.25, -0.2) is 9.59 Å². The Labute approximate surface area is 238 Å². The summed E-state index contributed by atoms with van der Waals surface area (Å²) < 4.78 is 22.3. The Kier molecular flexibility index (Phi) is 9.89. The second-order valence-electron chi connectivity index (χ2n) is 12.4. The van der Waals surface area contributed by atoms with Crippen LogP contribution >= 0.6 is 0 Å². The van der Waals surface area contributed by atoms with Gasteiger partial charge in [0.15, 0.2) is 6.61 Å². The highest BCUT2D eigenvalue weighted by atomic mass is 16.7. The summed E-state index contributed by atoms with van der Waals surface area (Å²) in [6.45, 7) is 5.12. The van der Waals surface area contributed by atoms with E-state index in [-0.39, 0.29) is 30.8 Å². The van der Waals surface area contributed by atoms with E-state index in [0.29, 0.717) is 17.8 Å². The van der Waals surface area contributed by atoms with Crippen molar-refractivity contribution < 1.29 is 33.6 Å². The van der Waals surface area contributed by atoms with Gasteiger partial charge in [0.1, 0.15) is 18.0 Å². The van der Waals surface area contributed by atoms with Gasteiger partial charge in [0.25, 0.3) is 0 Å². The molecule has 0 amide bonds. The second kappa shape index (κ2) is 13.6. The molecule has 0 radical (unpaired) electrons. The number of carbonyl (C=O) groups is 2. The molecule has 222 valence electrons. The molecule has 40 heavy (non-hydrogen) atoms. The summed E-state index contributed by atoms with van der Waals surface area (Å²) in [7, 11) is 1.36. The van der Waals surface area contributed by atoms with Crippen molar-refractivity contribution in [3.8, 4) is 5.75 Å². The minimum atomic E-state index is -0.517. The van der Waals surface area contributed by atoms with Crippen molar-refractivity contribution in [2.24, 2.45) is 23.7 Å². The van der Waals surface area contributed by atoms with Crippen LogP contribution in [-0.4, -0.2) is 73.8 Å². The van der Waals surface area contributed by atoms with Crippen LogP contribution in [0.5, 0.6) is 5.75 Å². The van der Waals surface area contributed by atoms with Crippen molar-refractivity contribution in [1.29, 1.82) is 0 Å². The maximum atomic E-state index is 12.8. The number of carbonyl (C=O) groups excluding carboxylic acids is 2. The molecule has 5 aliphatic rings. The van der Waals surface area contributed by atoms with Crippen molar-refractivity contribution in [1.82, 2.24) is 4.90 Å². The van der Waals surface area contributed by atoms with Crippen molar-refractivity contribution in [2.45, 2.75) is 95.9 Å². The van der Waals surface area contributed by atoms with Gasteiger partial charge in [0, 0.05) is 6.54 Å². The van der Waals surface area contributed by atoms with Crippen LogP contribution in [0.2, 0.25) is 0 Å². The van der Waals surface area contributed by atoms with Crippen LogP contribution in [-0.2, 0) is 31.8 Å². The third-order valence-corrected chi connectivity index (χ3v) is 9.98. The lowest BCUT2D eigenvalue weighted by Gasteiger charge is -2.43. The average Bonchev–Trinajstić information content (AvgIpc) is 3.27. The zero-order valence-corrected chi connectivity index (χ0v) is 24.2. The third-order valence-electron chi connectivity index (χ3n) is 9.98. The number of fused-ring (bicyclic) bond motifs is 5. The van der Waals surface area contributed by atoms with Crippen LogP contribution in [0, 0.1) is 23.7 Å². The van der Waals surface area contributed by atoms with Gasteiger partial charge < -0.3 is 24.1 Å². The van der Waals surface area contributed by atoms with E-state index in [1.807, 2.05) is 12.1 Å². The molecule has 0 spiro atoms. The Morgan fingerprint density at radius 3 is 2.65 bits per heavy atom. The zero-order chi connectivity index (χ0) is 28.1. The summed E-state index contributed by atoms with van der Waals surface area (Å²) >= 11 is 0. The first-order chi connectivity index (χ1) is 19.4. The Balaban J connectivity index is 1.18. The number of aliphatic hydroxyl groups excluding tert-OH is 1. The summed E-state index contributed by atoms with van der Waals surface area (Å²) in [4.78, 5) is 26.8. The van der Waals surface area contributed by atoms with E-state index >= 15 is 0 Å². The second-order valence-corrected chi connectivity index (χ2v) is 12.4. The van der Waals surface area contributed by atoms with Gasteiger partial charge in [-0.3, -0.25) is 4.90 Å². The van der Waals surface area contributed by atoms with Gasteiger partial charge in [-0.1, -0.05) is 31.9 Å². The molecule has 8 heteroatoms. The van der Waals surface area contributed by atoms with Gasteiger partial charge in [0.05, 0.1) is 13.2 Å². The molecule has 4 fully saturated rings. The molecule has 3 heterocycles. The molecule has 1 saturated carbocycles. The Morgan fingerprint density at radius 2 is 1.93 bits per heavy atom. The van der Waals surface area contributed by atoms with Crippen LogP contribution in [0.1, 0.15) is 75.8 Å². The largest absolute Gasteiger partial charge is 0.508 e. The van der Waals surface area contributed by atoms with Gasteiger partial charge in [-0.2, -0.15) is 0 Å². The summed E-state index contributed by atoms with van der Waals surface area (Å²) in [6, 6.07) is 6.03. The summed E-state index contributed by atoms with van der Waals surface area (Å²) in [5.41, 5.74) is 2.39. The lowest BCUT2D eigenvalue weighted by Crippen LogP contribution is -2.52. The maximum absolute atomic E-state index is 12.8.